The maximum absolute atomic E-state index is 13.7. The number of ether oxygens (including phenoxy) is 1. The van der Waals surface area contributed by atoms with Gasteiger partial charge in [-0.3, -0.25) is 14.9 Å². The Morgan fingerprint density at radius 3 is 2.60 bits per heavy atom. The number of carbonyl (C=O) groups excluding carboxylic acids is 3. The fourth-order valence-corrected chi connectivity index (χ4v) is 5.70. The molecule has 2 aromatic carbocycles. The molecule has 10 nitrogen and oxygen atoms in total. The summed E-state index contributed by atoms with van der Waals surface area (Å²) in [4.78, 5) is 44.8. The molecule has 0 unspecified atom stereocenters. The van der Waals surface area contributed by atoms with Gasteiger partial charge in [-0.1, -0.05) is 24.3 Å². The number of phenols is 1. The number of nitrogens with one attached hydrogen (secondary N) is 2. The number of aromatic nitrogens is 2. The summed E-state index contributed by atoms with van der Waals surface area (Å²) in [6.07, 6.45) is 0.929. The Hall–Kier alpha value is -4.09. The number of fused-ring (bicyclic) bond motifs is 3. The minimum Gasteiger partial charge on any atom is -0.507 e. The van der Waals surface area contributed by atoms with E-state index in [1.807, 2.05) is 24.3 Å². The monoisotopic (exact) mass is 581 g/mol. The summed E-state index contributed by atoms with van der Waals surface area (Å²) < 4.78 is 6.77. The molecule has 0 bridgehead atoms. The molecule has 1 atom stereocenters. The van der Waals surface area contributed by atoms with Crippen molar-refractivity contribution in [2.45, 2.75) is 32.3 Å². The van der Waals surface area contributed by atoms with Crippen LogP contribution < -0.4 is 15.5 Å². The van der Waals surface area contributed by atoms with Crippen LogP contribution in [0, 0.1) is 0 Å². The van der Waals surface area contributed by atoms with E-state index in [1.54, 1.807) is 50.4 Å². The third-order valence-corrected chi connectivity index (χ3v) is 7.66. The van der Waals surface area contributed by atoms with Crippen LogP contribution in [-0.2, 0) is 11.8 Å². The van der Waals surface area contributed by atoms with Crippen molar-refractivity contribution in [3.63, 3.8) is 0 Å². The van der Waals surface area contributed by atoms with Crippen molar-refractivity contribution < 1.29 is 24.2 Å². The van der Waals surface area contributed by atoms with Gasteiger partial charge in [-0.2, -0.15) is 0 Å². The van der Waals surface area contributed by atoms with E-state index in [1.165, 1.54) is 10.6 Å². The molecular weight excluding hydrogens is 554 g/mol. The fraction of sp³-hybridized carbons (Fsp3) is 0.286. The largest absolute Gasteiger partial charge is 0.507 e. The number of rotatable bonds is 5. The van der Waals surface area contributed by atoms with E-state index in [0.29, 0.717) is 34.1 Å². The van der Waals surface area contributed by atoms with E-state index in [9.17, 15) is 19.5 Å². The van der Waals surface area contributed by atoms with Gasteiger partial charge in [0.15, 0.2) is 5.82 Å². The van der Waals surface area contributed by atoms with Crippen LogP contribution in [0.15, 0.2) is 48.0 Å². The van der Waals surface area contributed by atoms with Crippen molar-refractivity contribution in [1.82, 2.24) is 9.55 Å². The molecule has 4 aromatic rings. The van der Waals surface area contributed by atoms with Crippen molar-refractivity contribution in [2.24, 2.45) is 7.05 Å². The molecule has 12 heteroatoms. The molecule has 0 fully saturated rings. The number of benzene rings is 2. The van der Waals surface area contributed by atoms with Crippen LogP contribution in [0.4, 0.5) is 22.0 Å². The molecule has 3 amide bonds. The predicted octanol–water partition coefficient (Wildman–Crippen LogP) is 5.92. The summed E-state index contributed by atoms with van der Waals surface area (Å²) >= 11 is 7.45. The second-order valence-electron chi connectivity index (χ2n) is 10.5. The summed E-state index contributed by atoms with van der Waals surface area (Å²) in [5, 5.41) is 19.1. The number of phenolic OH excluding ortho intramolecular Hbond substituents is 1. The quantitative estimate of drug-likeness (QED) is 0.251. The molecule has 1 aliphatic rings. The molecule has 40 heavy (non-hydrogen) atoms. The fourth-order valence-electron chi connectivity index (χ4n) is 4.71. The SMILES string of the molecule is Cn1cc(NC(=O)c2cc(NC(=O)OC(C)(C)C)cs2)nc1C(=O)N1C[C@@H](CCl)c2c1cc(O)c1ccccc21. The number of nitrogens with zero attached hydrogens (tertiary/aromatic N) is 3. The third-order valence-electron chi connectivity index (χ3n) is 6.35. The highest BCUT2D eigenvalue weighted by Gasteiger charge is 2.36. The number of carbonyl (C=O) groups is 3. The molecule has 5 rings (SSSR count). The van der Waals surface area contributed by atoms with Gasteiger partial charge in [0.2, 0.25) is 5.82 Å². The highest BCUT2D eigenvalue weighted by atomic mass is 35.5. The van der Waals surface area contributed by atoms with Crippen molar-refractivity contribution >= 4 is 68.8 Å². The van der Waals surface area contributed by atoms with E-state index in [-0.39, 0.29) is 29.2 Å². The van der Waals surface area contributed by atoms with E-state index >= 15 is 0 Å². The normalized spacial score (nSPS) is 14.7. The number of imidazole rings is 1. The smallest absolute Gasteiger partial charge is 0.412 e. The minimum absolute atomic E-state index is 0.0756. The number of hydrogen-bond donors (Lipinski definition) is 3. The van der Waals surface area contributed by atoms with Gasteiger partial charge in [0.1, 0.15) is 11.4 Å². The maximum atomic E-state index is 13.7. The Bertz CT molecular complexity index is 1640. The van der Waals surface area contributed by atoms with Gasteiger partial charge in [0.25, 0.3) is 11.8 Å². The number of aryl methyl sites for hydroxylation is 1. The van der Waals surface area contributed by atoms with Crippen LogP contribution in [0.2, 0.25) is 0 Å². The van der Waals surface area contributed by atoms with Crippen LogP contribution in [0.5, 0.6) is 5.75 Å². The van der Waals surface area contributed by atoms with Gasteiger partial charge in [-0.15, -0.1) is 22.9 Å². The zero-order valence-corrected chi connectivity index (χ0v) is 23.9. The Morgan fingerprint density at radius 1 is 1.18 bits per heavy atom. The van der Waals surface area contributed by atoms with Gasteiger partial charge in [0.05, 0.1) is 16.3 Å². The number of halogens is 1. The number of amides is 3. The van der Waals surface area contributed by atoms with Crippen LogP contribution >= 0.6 is 22.9 Å². The number of anilines is 3. The second kappa shape index (κ2) is 10.5. The van der Waals surface area contributed by atoms with Crippen molar-refractivity contribution in [3.05, 3.63) is 64.2 Å². The number of alkyl halides is 1. The van der Waals surface area contributed by atoms with Gasteiger partial charge in [-0.25, -0.2) is 9.78 Å². The van der Waals surface area contributed by atoms with Gasteiger partial charge in [-0.05, 0) is 37.8 Å². The van der Waals surface area contributed by atoms with E-state index in [2.05, 4.69) is 15.6 Å². The van der Waals surface area contributed by atoms with Gasteiger partial charge < -0.3 is 24.6 Å². The highest BCUT2D eigenvalue weighted by molar-refractivity contribution is 7.12. The summed E-state index contributed by atoms with van der Waals surface area (Å²) in [6.45, 7) is 5.61. The Morgan fingerprint density at radius 2 is 1.90 bits per heavy atom. The summed E-state index contributed by atoms with van der Waals surface area (Å²) in [6, 6.07) is 10.6. The first-order valence-corrected chi connectivity index (χ1v) is 13.9. The Kier molecular flexibility index (Phi) is 7.19. The first kappa shape index (κ1) is 27.5. The van der Waals surface area contributed by atoms with Crippen molar-refractivity contribution in [3.8, 4) is 5.75 Å². The zero-order valence-electron chi connectivity index (χ0n) is 22.3. The highest BCUT2D eigenvalue weighted by Crippen LogP contribution is 2.45. The molecule has 0 spiro atoms. The van der Waals surface area contributed by atoms with E-state index < -0.39 is 17.6 Å². The minimum atomic E-state index is -0.648. The van der Waals surface area contributed by atoms with E-state index in [0.717, 1.165) is 22.3 Å². The lowest BCUT2D eigenvalue weighted by atomic mass is 9.95. The lowest BCUT2D eigenvalue weighted by Gasteiger charge is -2.19. The molecule has 3 heterocycles. The zero-order chi connectivity index (χ0) is 28.8. The first-order chi connectivity index (χ1) is 18.9. The Balaban J connectivity index is 1.34. The third kappa shape index (κ3) is 5.34. The number of hydrogen-bond acceptors (Lipinski definition) is 7. The van der Waals surface area contributed by atoms with E-state index in [4.69, 9.17) is 16.3 Å². The van der Waals surface area contributed by atoms with Crippen LogP contribution in [-0.4, -0.2) is 50.6 Å². The molecule has 0 radical (unpaired) electrons. The molecule has 0 saturated heterocycles. The maximum Gasteiger partial charge on any atom is 0.412 e. The number of aromatic hydroxyl groups is 1. The van der Waals surface area contributed by atoms with Crippen molar-refractivity contribution in [1.29, 1.82) is 0 Å². The molecule has 208 valence electrons. The lowest BCUT2D eigenvalue weighted by Crippen LogP contribution is -2.32. The number of thiophene rings is 1. The summed E-state index contributed by atoms with van der Waals surface area (Å²) in [5.41, 5.74) is 1.28. The molecular formula is C28H28ClN5O5S. The topological polar surface area (TPSA) is 126 Å². The summed E-state index contributed by atoms with van der Waals surface area (Å²) in [7, 11) is 1.66. The first-order valence-electron chi connectivity index (χ1n) is 12.5. The average Bonchev–Trinajstić information content (AvgIpc) is 3.59. The lowest BCUT2D eigenvalue weighted by molar-refractivity contribution is 0.0635. The van der Waals surface area contributed by atoms with Gasteiger partial charge in [0, 0.05) is 48.4 Å². The predicted molar refractivity (Wildman–Crippen MR) is 156 cm³/mol. The average molecular weight is 582 g/mol. The standard InChI is InChI=1S/C28H28ClN5O5S/c1-28(2,3)39-27(38)30-16-9-21(40-14-16)25(36)32-22-13-33(4)24(31-22)26(37)34-12-15(11-29)23-18-8-6-5-7-17(18)20(35)10-19(23)34/h5-10,13-15,35H,11-12H2,1-4H3,(H,30,38)(H,32,36)/t15-/m1/s1. The van der Waals surface area contributed by atoms with Gasteiger partial charge >= 0.3 is 6.09 Å². The molecule has 0 aliphatic carbocycles. The molecule has 1 aliphatic heterocycles. The molecule has 2 aromatic heterocycles. The van der Waals surface area contributed by atoms with Crippen LogP contribution in [0.1, 0.15) is 52.5 Å². The molecule has 3 N–H and O–H groups in total. The summed E-state index contributed by atoms with van der Waals surface area (Å²) in [5.74, 6) is -0.252. The van der Waals surface area contributed by atoms with Crippen LogP contribution in [0.3, 0.4) is 0 Å². The second-order valence-corrected chi connectivity index (χ2v) is 11.7. The van der Waals surface area contributed by atoms with Crippen LogP contribution in [0.25, 0.3) is 10.8 Å². The Labute approximate surface area is 239 Å². The van der Waals surface area contributed by atoms with Crippen molar-refractivity contribution in [2.75, 3.05) is 28.0 Å². The molecule has 0 saturated carbocycles.